The van der Waals surface area contributed by atoms with Crippen molar-refractivity contribution in [2.75, 3.05) is 18.0 Å². The highest BCUT2D eigenvalue weighted by atomic mass is 16.5. The molecule has 0 spiro atoms. The fraction of sp³-hybridized carbons (Fsp3) is 0.357. The lowest BCUT2D eigenvalue weighted by Crippen LogP contribution is -2.21. The fourth-order valence-corrected chi connectivity index (χ4v) is 1.78. The van der Waals surface area contributed by atoms with E-state index in [1.165, 1.54) is 0 Å². The Balaban J connectivity index is 3.11. The highest BCUT2D eigenvalue weighted by molar-refractivity contribution is 5.65. The van der Waals surface area contributed by atoms with E-state index in [2.05, 4.69) is 18.7 Å². The van der Waals surface area contributed by atoms with Gasteiger partial charge in [-0.1, -0.05) is 12.2 Å². The van der Waals surface area contributed by atoms with Crippen LogP contribution in [0.5, 0.6) is 5.75 Å². The maximum Gasteiger partial charge on any atom is 0.298 e. The van der Waals surface area contributed by atoms with E-state index in [9.17, 15) is 4.79 Å². The summed E-state index contributed by atoms with van der Waals surface area (Å²) in [6, 6.07) is 5.91. The van der Waals surface area contributed by atoms with Gasteiger partial charge in [-0.15, -0.1) is 0 Å². The number of benzene rings is 1. The molecule has 0 heterocycles. The number of nitrogens with zero attached hydrogens (tertiary/aromatic N) is 1. The van der Waals surface area contributed by atoms with E-state index >= 15 is 0 Å². The van der Waals surface area contributed by atoms with Gasteiger partial charge in [0.1, 0.15) is 5.75 Å². The first-order valence-corrected chi connectivity index (χ1v) is 5.88. The van der Waals surface area contributed by atoms with E-state index in [1.807, 2.05) is 37.3 Å². The minimum atomic E-state index is 0.467. The number of hydrogen-bond acceptors (Lipinski definition) is 3. The highest BCUT2D eigenvalue weighted by Crippen LogP contribution is 2.26. The summed E-state index contributed by atoms with van der Waals surface area (Å²) in [5.41, 5.74) is 1.98. The van der Waals surface area contributed by atoms with Crippen LogP contribution in [0.15, 0.2) is 24.3 Å². The van der Waals surface area contributed by atoms with Crippen LogP contribution in [0, 0.1) is 0 Å². The van der Waals surface area contributed by atoms with Crippen molar-refractivity contribution in [1.29, 1.82) is 0 Å². The molecule has 0 aliphatic heterocycles. The van der Waals surface area contributed by atoms with Crippen molar-refractivity contribution in [1.82, 2.24) is 0 Å². The first-order valence-electron chi connectivity index (χ1n) is 5.88. The normalized spacial score (nSPS) is 10.5. The molecule has 3 nitrogen and oxygen atoms in total. The molecule has 0 unspecified atom stereocenters. The molecule has 0 saturated heterocycles. The van der Waals surface area contributed by atoms with Crippen molar-refractivity contribution in [3.63, 3.8) is 0 Å². The first kappa shape index (κ1) is 13.3. The Labute approximate surface area is 103 Å². The van der Waals surface area contributed by atoms with Crippen LogP contribution in [0.25, 0.3) is 6.08 Å². The zero-order chi connectivity index (χ0) is 12.7. The Kier molecular flexibility index (Phi) is 5.27. The molecule has 92 valence electrons. The van der Waals surface area contributed by atoms with Crippen LogP contribution in [-0.2, 0) is 4.79 Å². The molecule has 0 aliphatic carbocycles. The van der Waals surface area contributed by atoms with Crippen molar-refractivity contribution in [2.24, 2.45) is 0 Å². The third kappa shape index (κ3) is 3.34. The van der Waals surface area contributed by atoms with Gasteiger partial charge in [-0.25, -0.2) is 0 Å². The van der Waals surface area contributed by atoms with Gasteiger partial charge in [-0.3, -0.25) is 4.79 Å². The zero-order valence-electron chi connectivity index (χ0n) is 10.6. The Bertz CT molecular complexity index is 395. The van der Waals surface area contributed by atoms with E-state index in [0.717, 1.165) is 24.3 Å². The second kappa shape index (κ2) is 6.74. The number of rotatable bonds is 6. The number of carbonyl (C=O) groups excluding carboxylic acids is 1. The Morgan fingerprint density at radius 1 is 1.29 bits per heavy atom. The largest absolute Gasteiger partial charge is 0.428 e. The monoisotopic (exact) mass is 233 g/mol. The minimum Gasteiger partial charge on any atom is -0.428 e. The van der Waals surface area contributed by atoms with Crippen molar-refractivity contribution in [2.45, 2.75) is 20.8 Å². The van der Waals surface area contributed by atoms with Gasteiger partial charge >= 0.3 is 0 Å². The summed E-state index contributed by atoms with van der Waals surface area (Å²) in [7, 11) is 0. The maximum atomic E-state index is 10.5. The van der Waals surface area contributed by atoms with Gasteiger partial charge in [-0.2, -0.15) is 0 Å². The molecular weight excluding hydrogens is 214 g/mol. The van der Waals surface area contributed by atoms with E-state index in [1.54, 1.807) is 0 Å². The summed E-state index contributed by atoms with van der Waals surface area (Å²) in [5, 5.41) is 0. The fourth-order valence-electron chi connectivity index (χ4n) is 1.78. The molecule has 1 rings (SSSR count). The summed E-state index contributed by atoms with van der Waals surface area (Å²) in [6.07, 6.45) is 3.84. The van der Waals surface area contributed by atoms with Gasteiger partial charge in [-0.05, 0) is 32.9 Å². The molecule has 0 radical (unpaired) electrons. The summed E-state index contributed by atoms with van der Waals surface area (Å²) in [6.45, 7) is 8.46. The SMILES string of the molecule is C/C=C\c1ccc(N(CC)CC)cc1OC=O. The van der Waals surface area contributed by atoms with E-state index in [-0.39, 0.29) is 0 Å². The zero-order valence-corrected chi connectivity index (χ0v) is 10.6. The van der Waals surface area contributed by atoms with Crippen molar-refractivity contribution in [3.8, 4) is 5.75 Å². The third-order valence-electron chi connectivity index (χ3n) is 2.65. The summed E-state index contributed by atoms with van der Waals surface area (Å²) in [4.78, 5) is 12.7. The van der Waals surface area contributed by atoms with Crippen molar-refractivity contribution in [3.05, 3.63) is 29.8 Å². The second-order valence-corrected chi connectivity index (χ2v) is 3.61. The van der Waals surface area contributed by atoms with Crippen LogP contribution in [-0.4, -0.2) is 19.6 Å². The second-order valence-electron chi connectivity index (χ2n) is 3.61. The average molecular weight is 233 g/mol. The third-order valence-corrected chi connectivity index (χ3v) is 2.65. The molecular formula is C14H19NO2. The number of hydrogen-bond donors (Lipinski definition) is 0. The standard InChI is InChI=1S/C14H19NO2/c1-4-7-12-8-9-13(15(5-2)6-3)10-14(12)17-11-16/h4,7-11H,5-6H2,1-3H3/b7-4-. The minimum absolute atomic E-state index is 0.467. The molecule has 1 aromatic rings. The summed E-state index contributed by atoms with van der Waals surface area (Å²) < 4.78 is 5.01. The molecule has 0 fully saturated rings. The predicted molar refractivity (Wildman–Crippen MR) is 71.4 cm³/mol. The Morgan fingerprint density at radius 2 is 2.00 bits per heavy atom. The number of carbonyl (C=O) groups is 1. The van der Waals surface area contributed by atoms with Gasteiger partial charge in [0.2, 0.25) is 0 Å². The lowest BCUT2D eigenvalue weighted by molar-refractivity contribution is -0.120. The molecule has 1 aromatic carbocycles. The number of ether oxygens (including phenoxy) is 1. The molecule has 0 aromatic heterocycles. The smallest absolute Gasteiger partial charge is 0.298 e. The van der Waals surface area contributed by atoms with Gasteiger partial charge in [0.15, 0.2) is 0 Å². The molecule has 0 N–H and O–H groups in total. The van der Waals surface area contributed by atoms with Gasteiger partial charge in [0.05, 0.1) is 0 Å². The van der Waals surface area contributed by atoms with Crippen LogP contribution in [0.4, 0.5) is 5.69 Å². The number of allylic oxidation sites excluding steroid dienone is 1. The molecule has 0 saturated carbocycles. The molecule has 0 aliphatic rings. The Morgan fingerprint density at radius 3 is 2.53 bits per heavy atom. The van der Waals surface area contributed by atoms with Crippen LogP contribution >= 0.6 is 0 Å². The Hall–Kier alpha value is -1.77. The molecule has 0 atom stereocenters. The molecule has 17 heavy (non-hydrogen) atoms. The van der Waals surface area contributed by atoms with Gasteiger partial charge in [0.25, 0.3) is 6.47 Å². The van der Waals surface area contributed by atoms with Crippen molar-refractivity contribution < 1.29 is 9.53 Å². The van der Waals surface area contributed by atoms with Gasteiger partial charge < -0.3 is 9.64 Å². The predicted octanol–water partition coefficient (Wildman–Crippen LogP) is 3.10. The van der Waals surface area contributed by atoms with E-state index in [4.69, 9.17) is 4.74 Å². The lowest BCUT2D eigenvalue weighted by atomic mass is 10.1. The maximum absolute atomic E-state index is 10.5. The number of anilines is 1. The van der Waals surface area contributed by atoms with Crippen LogP contribution < -0.4 is 9.64 Å². The topological polar surface area (TPSA) is 29.5 Å². The highest BCUT2D eigenvalue weighted by Gasteiger charge is 2.06. The van der Waals surface area contributed by atoms with E-state index < -0.39 is 0 Å². The molecule has 3 heteroatoms. The van der Waals surface area contributed by atoms with Gasteiger partial charge in [0, 0.05) is 30.4 Å². The van der Waals surface area contributed by atoms with Crippen LogP contribution in [0.1, 0.15) is 26.3 Å². The lowest BCUT2D eigenvalue weighted by Gasteiger charge is -2.21. The first-order chi connectivity index (χ1) is 8.26. The molecule has 0 amide bonds. The summed E-state index contributed by atoms with van der Waals surface area (Å²) in [5.74, 6) is 0.600. The van der Waals surface area contributed by atoms with E-state index in [0.29, 0.717) is 12.2 Å². The van der Waals surface area contributed by atoms with Crippen LogP contribution in [0.3, 0.4) is 0 Å². The van der Waals surface area contributed by atoms with Crippen molar-refractivity contribution >= 4 is 18.2 Å². The quantitative estimate of drug-likeness (QED) is 0.707. The molecule has 0 bridgehead atoms. The van der Waals surface area contributed by atoms with Crippen LogP contribution in [0.2, 0.25) is 0 Å². The summed E-state index contributed by atoms with van der Waals surface area (Å²) >= 11 is 0. The average Bonchev–Trinajstić information content (AvgIpc) is 2.34.